The Bertz CT molecular complexity index is 405. The largest absolute Gasteiger partial charge is 0.381 e. The van der Waals surface area contributed by atoms with Gasteiger partial charge in [0.2, 0.25) is 0 Å². The molecule has 0 saturated carbocycles. The Morgan fingerprint density at radius 2 is 2.25 bits per heavy atom. The summed E-state index contributed by atoms with van der Waals surface area (Å²) < 4.78 is 31.5. The van der Waals surface area contributed by atoms with Crippen LogP contribution in [-0.4, -0.2) is 23.7 Å². The minimum atomic E-state index is -0.851. The number of hydrogen-bond acceptors (Lipinski definition) is 4. The highest BCUT2D eigenvalue weighted by Gasteiger charge is 2.30. The van der Waals surface area contributed by atoms with Crippen molar-refractivity contribution in [3.63, 3.8) is 0 Å². The lowest BCUT2D eigenvalue weighted by Gasteiger charge is -2.24. The van der Waals surface area contributed by atoms with Gasteiger partial charge in [0.1, 0.15) is 0 Å². The van der Waals surface area contributed by atoms with Crippen LogP contribution in [0.4, 0.5) is 20.4 Å². The quantitative estimate of drug-likeness (QED) is 0.807. The van der Waals surface area contributed by atoms with Gasteiger partial charge in [0.25, 0.3) is 0 Å². The molecule has 88 valence electrons. The third-order valence-corrected chi connectivity index (χ3v) is 2.60. The molecule has 16 heavy (non-hydrogen) atoms. The second kappa shape index (κ2) is 3.86. The van der Waals surface area contributed by atoms with Crippen molar-refractivity contribution in [2.75, 3.05) is 24.3 Å². The fraction of sp³-hybridized carbons (Fsp3) is 0.500. The summed E-state index contributed by atoms with van der Waals surface area (Å²) in [4.78, 5) is 3.64. The predicted octanol–water partition coefficient (Wildman–Crippen LogP) is 1.53. The Morgan fingerprint density at radius 3 is 2.88 bits per heavy atom. The van der Waals surface area contributed by atoms with Crippen LogP contribution in [0.15, 0.2) is 6.07 Å². The number of rotatable bonds is 2. The van der Waals surface area contributed by atoms with Crippen LogP contribution >= 0.6 is 0 Å². The number of nitrogens with one attached hydrogen (secondary N) is 1. The molecule has 0 radical (unpaired) electrons. The van der Waals surface area contributed by atoms with Gasteiger partial charge < -0.3 is 15.8 Å². The van der Waals surface area contributed by atoms with Crippen LogP contribution in [-0.2, 0) is 4.74 Å². The molecule has 1 atom stereocenters. The number of nitrogens with zero attached hydrogens (tertiary/aromatic N) is 1. The molecule has 1 fully saturated rings. The number of ether oxygens (including phenoxy) is 1. The molecule has 4 nitrogen and oxygen atoms in total. The normalized spacial score (nSPS) is 24.7. The van der Waals surface area contributed by atoms with Crippen LogP contribution in [0.1, 0.15) is 13.3 Å². The van der Waals surface area contributed by atoms with E-state index in [0.717, 1.165) is 12.5 Å². The summed E-state index contributed by atoms with van der Waals surface area (Å²) in [6.45, 7) is 2.97. The second-order valence-corrected chi connectivity index (χ2v) is 4.17. The van der Waals surface area contributed by atoms with Crippen LogP contribution < -0.4 is 11.1 Å². The number of aromatic nitrogens is 1. The van der Waals surface area contributed by atoms with Gasteiger partial charge in [0, 0.05) is 12.7 Å². The summed E-state index contributed by atoms with van der Waals surface area (Å²) in [6, 6.07) is 0.726. The van der Waals surface area contributed by atoms with E-state index in [0.29, 0.717) is 13.2 Å². The van der Waals surface area contributed by atoms with Crippen LogP contribution in [0, 0.1) is 11.6 Å². The Labute approximate surface area is 91.8 Å². The number of halogens is 2. The van der Waals surface area contributed by atoms with E-state index in [-0.39, 0.29) is 17.2 Å². The Hall–Kier alpha value is -1.43. The summed E-state index contributed by atoms with van der Waals surface area (Å²) in [7, 11) is 0. The number of hydrogen-bond donors (Lipinski definition) is 2. The molecule has 1 aliphatic heterocycles. The van der Waals surface area contributed by atoms with Gasteiger partial charge in [-0.3, -0.25) is 0 Å². The third kappa shape index (κ3) is 2.06. The fourth-order valence-corrected chi connectivity index (χ4v) is 1.62. The molecular weight excluding hydrogens is 216 g/mol. The minimum absolute atomic E-state index is 0.0353. The predicted molar refractivity (Wildman–Crippen MR) is 56.0 cm³/mol. The third-order valence-electron chi connectivity index (χ3n) is 2.60. The van der Waals surface area contributed by atoms with Gasteiger partial charge in [-0.05, 0) is 13.3 Å². The summed E-state index contributed by atoms with van der Waals surface area (Å²) >= 11 is 0. The lowest BCUT2D eigenvalue weighted by Crippen LogP contribution is -2.35. The van der Waals surface area contributed by atoms with E-state index in [1.807, 2.05) is 6.92 Å². The average molecular weight is 229 g/mol. The van der Waals surface area contributed by atoms with E-state index >= 15 is 0 Å². The summed E-state index contributed by atoms with van der Waals surface area (Å²) in [5, 5.41) is 2.90. The van der Waals surface area contributed by atoms with Gasteiger partial charge in [-0.15, -0.1) is 0 Å². The molecule has 0 aromatic carbocycles. The SMILES string of the molecule is CC1(Nc2nc(N)c(F)cc2F)CCOC1. The maximum atomic E-state index is 13.4. The van der Waals surface area contributed by atoms with E-state index in [1.165, 1.54) is 0 Å². The lowest BCUT2D eigenvalue weighted by atomic mass is 10.0. The van der Waals surface area contributed by atoms with Crippen molar-refractivity contribution in [1.29, 1.82) is 0 Å². The second-order valence-electron chi connectivity index (χ2n) is 4.17. The van der Waals surface area contributed by atoms with Gasteiger partial charge in [0.05, 0.1) is 12.1 Å². The first-order valence-corrected chi connectivity index (χ1v) is 4.98. The Balaban J connectivity index is 2.24. The van der Waals surface area contributed by atoms with Crippen LogP contribution in [0.25, 0.3) is 0 Å². The van der Waals surface area contributed by atoms with Crippen molar-refractivity contribution in [3.05, 3.63) is 17.7 Å². The van der Waals surface area contributed by atoms with Gasteiger partial charge in [-0.25, -0.2) is 13.8 Å². The molecular formula is C10H13F2N3O. The monoisotopic (exact) mass is 229 g/mol. The van der Waals surface area contributed by atoms with Gasteiger partial charge in [0.15, 0.2) is 23.3 Å². The highest BCUT2D eigenvalue weighted by molar-refractivity contribution is 5.46. The van der Waals surface area contributed by atoms with Crippen LogP contribution in [0.3, 0.4) is 0 Å². The minimum Gasteiger partial charge on any atom is -0.381 e. The molecule has 0 amide bonds. The first kappa shape index (κ1) is 11.1. The van der Waals surface area contributed by atoms with E-state index in [4.69, 9.17) is 10.5 Å². The number of anilines is 2. The van der Waals surface area contributed by atoms with E-state index < -0.39 is 11.6 Å². The molecule has 1 aromatic heterocycles. The maximum absolute atomic E-state index is 13.4. The molecule has 1 aromatic rings. The molecule has 1 unspecified atom stereocenters. The summed E-state index contributed by atoms with van der Waals surface area (Å²) in [5.74, 6) is -1.95. The highest BCUT2D eigenvalue weighted by Crippen LogP contribution is 2.25. The molecule has 3 N–H and O–H groups in total. The zero-order valence-electron chi connectivity index (χ0n) is 8.89. The molecule has 1 aliphatic rings. The first-order chi connectivity index (χ1) is 7.50. The van der Waals surface area contributed by atoms with Crippen molar-refractivity contribution in [2.45, 2.75) is 18.9 Å². The molecule has 1 saturated heterocycles. The van der Waals surface area contributed by atoms with E-state index in [1.54, 1.807) is 0 Å². The van der Waals surface area contributed by atoms with E-state index in [9.17, 15) is 8.78 Å². The van der Waals surface area contributed by atoms with E-state index in [2.05, 4.69) is 10.3 Å². The van der Waals surface area contributed by atoms with Crippen molar-refractivity contribution in [1.82, 2.24) is 4.98 Å². The fourth-order valence-electron chi connectivity index (χ4n) is 1.62. The average Bonchev–Trinajstić information content (AvgIpc) is 2.62. The van der Waals surface area contributed by atoms with Gasteiger partial charge >= 0.3 is 0 Å². The standard InChI is InChI=1S/C10H13F2N3O/c1-10(2-3-16-5-10)15-9-7(12)4-6(11)8(13)14-9/h4H,2-3,5H2,1H3,(H3,13,14,15). The molecule has 0 aliphatic carbocycles. The smallest absolute Gasteiger partial charge is 0.168 e. The van der Waals surface area contributed by atoms with Crippen LogP contribution in [0.2, 0.25) is 0 Å². The summed E-state index contributed by atoms with van der Waals surface area (Å²) in [5.41, 5.74) is 4.91. The van der Waals surface area contributed by atoms with Crippen molar-refractivity contribution < 1.29 is 13.5 Å². The number of pyridine rings is 1. The topological polar surface area (TPSA) is 60.2 Å². The Kier molecular flexibility index (Phi) is 2.67. The lowest BCUT2D eigenvalue weighted by molar-refractivity contribution is 0.185. The Morgan fingerprint density at radius 1 is 1.50 bits per heavy atom. The maximum Gasteiger partial charge on any atom is 0.168 e. The van der Waals surface area contributed by atoms with Gasteiger partial charge in [-0.2, -0.15) is 0 Å². The number of nitrogen functional groups attached to an aromatic ring is 1. The van der Waals surface area contributed by atoms with Crippen molar-refractivity contribution in [2.24, 2.45) is 0 Å². The van der Waals surface area contributed by atoms with Gasteiger partial charge in [-0.1, -0.05) is 0 Å². The molecule has 2 heterocycles. The molecule has 0 bridgehead atoms. The van der Waals surface area contributed by atoms with Crippen molar-refractivity contribution in [3.8, 4) is 0 Å². The van der Waals surface area contributed by atoms with Crippen molar-refractivity contribution >= 4 is 11.6 Å². The molecule has 6 heteroatoms. The van der Waals surface area contributed by atoms with Crippen LogP contribution in [0.5, 0.6) is 0 Å². The molecule has 2 rings (SSSR count). The molecule has 0 spiro atoms. The summed E-state index contributed by atoms with van der Waals surface area (Å²) in [6.07, 6.45) is 0.741. The first-order valence-electron chi connectivity index (χ1n) is 4.98. The zero-order chi connectivity index (χ0) is 11.8. The number of nitrogens with two attached hydrogens (primary N) is 1. The zero-order valence-corrected chi connectivity index (χ0v) is 8.89. The highest BCUT2D eigenvalue weighted by atomic mass is 19.1.